The summed E-state index contributed by atoms with van der Waals surface area (Å²) < 4.78 is 0. The lowest BCUT2D eigenvalue weighted by molar-refractivity contribution is -0.136. The van der Waals surface area contributed by atoms with E-state index in [4.69, 9.17) is 16.7 Å². The third-order valence-corrected chi connectivity index (χ3v) is 4.13. The number of aryl methyl sites for hydroxylation is 1. The van der Waals surface area contributed by atoms with Gasteiger partial charge in [0.25, 0.3) is 0 Å². The SMILES string of the molecule is O=C(O)C(S)CCCCCc1cc(Cl)cs1. The molecule has 1 aromatic rings. The standard InChI is InChI=1S/C11H15ClO2S2/c12-8-6-9(16-7-8)4-2-1-3-5-10(15)11(13)14/h6-7,10,15H,1-5H2,(H,13,14). The average molecular weight is 279 g/mol. The fraction of sp³-hybridized carbons (Fsp3) is 0.545. The van der Waals surface area contributed by atoms with E-state index in [-0.39, 0.29) is 0 Å². The van der Waals surface area contributed by atoms with Crippen molar-refractivity contribution in [3.8, 4) is 0 Å². The van der Waals surface area contributed by atoms with Gasteiger partial charge in [0.05, 0.1) is 10.3 Å². The molecule has 0 bridgehead atoms. The van der Waals surface area contributed by atoms with Crippen molar-refractivity contribution in [3.05, 3.63) is 21.3 Å². The molecule has 1 aromatic heterocycles. The van der Waals surface area contributed by atoms with E-state index in [1.165, 1.54) is 4.88 Å². The molecule has 1 heterocycles. The summed E-state index contributed by atoms with van der Waals surface area (Å²) in [6, 6.07) is 1.99. The van der Waals surface area contributed by atoms with Gasteiger partial charge in [0, 0.05) is 10.3 Å². The molecule has 1 atom stereocenters. The summed E-state index contributed by atoms with van der Waals surface area (Å²) in [5.41, 5.74) is 0. The van der Waals surface area contributed by atoms with Crippen LogP contribution >= 0.6 is 35.6 Å². The number of carbonyl (C=O) groups is 1. The fourth-order valence-corrected chi connectivity index (χ4v) is 2.72. The quantitative estimate of drug-likeness (QED) is 0.587. The number of hydrogen-bond acceptors (Lipinski definition) is 3. The highest BCUT2D eigenvalue weighted by atomic mass is 35.5. The van der Waals surface area contributed by atoms with Gasteiger partial charge < -0.3 is 5.11 Å². The van der Waals surface area contributed by atoms with Crippen molar-refractivity contribution in [2.45, 2.75) is 37.4 Å². The summed E-state index contributed by atoms with van der Waals surface area (Å²) in [5, 5.41) is 10.9. The van der Waals surface area contributed by atoms with Gasteiger partial charge in [-0.3, -0.25) is 4.79 Å². The molecule has 0 amide bonds. The molecule has 0 aliphatic heterocycles. The van der Waals surface area contributed by atoms with E-state index in [9.17, 15) is 4.79 Å². The summed E-state index contributed by atoms with van der Waals surface area (Å²) in [6.45, 7) is 0. The van der Waals surface area contributed by atoms with Crippen LogP contribution in [-0.4, -0.2) is 16.3 Å². The minimum absolute atomic E-state index is 0.517. The van der Waals surface area contributed by atoms with Crippen molar-refractivity contribution in [2.75, 3.05) is 0 Å². The van der Waals surface area contributed by atoms with Gasteiger partial charge in [0.1, 0.15) is 0 Å². The Bertz CT molecular complexity index is 338. The predicted molar refractivity (Wildman–Crippen MR) is 71.9 cm³/mol. The largest absolute Gasteiger partial charge is 0.480 e. The number of aliphatic carboxylic acids is 1. The summed E-state index contributed by atoms with van der Waals surface area (Å²) in [5.74, 6) is -0.826. The van der Waals surface area contributed by atoms with Crippen LogP contribution in [0.15, 0.2) is 11.4 Å². The number of unbranched alkanes of at least 4 members (excludes halogenated alkanes) is 2. The van der Waals surface area contributed by atoms with Crippen LogP contribution in [0.2, 0.25) is 5.02 Å². The highest BCUT2D eigenvalue weighted by molar-refractivity contribution is 7.81. The lowest BCUT2D eigenvalue weighted by Gasteiger charge is -2.04. The van der Waals surface area contributed by atoms with Crippen LogP contribution in [0.5, 0.6) is 0 Å². The highest BCUT2D eigenvalue weighted by Gasteiger charge is 2.10. The minimum atomic E-state index is -0.826. The van der Waals surface area contributed by atoms with Crippen molar-refractivity contribution in [1.29, 1.82) is 0 Å². The molecule has 0 spiro atoms. The first-order chi connectivity index (χ1) is 7.59. The topological polar surface area (TPSA) is 37.3 Å². The molecular weight excluding hydrogens is 264 g/mol. The Morgan fingerprint density at radius 3 is 2.81 bits per heavy atom. The van der Waals surface area contributed by atoms with E-state index in [1.54, 1.807) is 11.3 Å². The molecule has 1 N–H and O–H groups in total. The molecule has 5 heteroatoms. The average Bonchev–Trinajstić information content (AvgIpc) is 2.63. The Kier molecular flexibility index (Phi) is 6.24. The molecule has 0 aromatic carbocycles. The van der Waals surface area contributed by atoms with Crippen molar-refractivity contribution >= 4 is 41.5 Å². The molecule has 90 valence electrons. The molecule has 0 fully saturated rings. The number of hydrogen-bond donors (Lipinski definition) is 2. The van der Waals surface area contributed by atoms with Crippen molar-refractivity contribution in [2.24, 2.45) is 0 Å². The van der Waals surface area contributed by atoms with Gasteiger partial charge in [0.2, 0.25) is 0 Å². The van der Waals surface area contributed by atoms with E-state index in [2.05, 4.69) is 12.6 Å². The van der Waals surface area contributed by atoms with Gasteiger partial charge >= 0.3 is 5.97 Å². The zero-order chi connectivity index (χ0) is 12.0. The molecular formula is C11H15ClO2S2. The van der Waals surface area contributed by atoms with Crippen LogP contribution in [-0.2, 0) is 11.2 Å². The zero-order valence-corrected chi connectivity index (χ0v) is 11.3. The molecule has 0 saturated heterocycles. The number of carboxylic acids is 1. The minimum Gasteiger partial charge on any atom is -0.480 e. The second-order valence-corrected chi connectivity index (χ2v) is 5.74. The van der Waals surface area contributed by atoms with Crippen LogP contribution < -0.4 is 0 Å². The number of carboxylic acid groups (broad SMARTS) is 1. The van der Waals surface area contributed by atoms with Crippen LogP contribution in [0.3, 0.4) is 0 Å². The third-order valence-electron chi connectivity index (χ3n) is 2.31. The maximum absolute atomic E-state index is 10.5. The van der Waals surface area contributed by atoms with E-state index >= 15 is 0 Å². The van der Waals surface area contributed by atoms with Gasteiger partial charge in [0.15, 0.2) is 0 Å². The van der Waals surface area contributed by atoms with Crippen LogP contribution in [0.25, 0.3) is 0 Å². The Labute approximate surface area is 110 Å². The molecule has 1 unspecified atom stereocenters. The first kappa shape index (κ1) is 13.9. The van der Waals surface area contributed by atoms with E-state index in [0.29, 0.717) is 6.42 Å². The molecule has 16 heavy (non-hydrogen) atoms. The van der Waals surface area contributed by atoms with Crippen molar-refractivity contribution < 1.29 is 9.90 Å². The normalized spacial score (nSPS) is 12.6. The second kappa shape index (κ2) is 7.20. The van der Waals surface area contributed by atoms with Gasteiger partial charge in [-0.15, -0.1) is 11.3 Å². The Balaban J connectivity index is 2.06. The van der Waals surface area contributed by atoms with Crippen LogP contribution in [0.4, 0.5) is 0 Å². The summed E-state index contributed by atoms with van der Waals surface area (Å²) in [6.07, 6.45) is 4.71. The molecule has 0 radical (unpaired) electrons. The van der Waals surface area contributed by atoms with Gasteiger partial charge in [-0.1, -0.05) is 24.4 Å². The Morgan fingerprint density at radius 1 is 1.50 bits per heavy atom. The predicted octanol–water partition coefficient (Wildman–Crippen LogP) is 3.89. The maximum atomic E-state index is 10.5. The number of halogens is 1. The molecule has 0 aliphatic carbocycles. The lowest BCUT2D eigenvalue weighted by atomic mass is 10.1. The monoisotopic (exact) mass is 278 g/mol. The van der Waals surface area contributed by atoms with Gasteiger partial charge in [-0.05, 0) is 25.3 Å². The molecule has 2 nitrogen and oxygen atoms in total. The van der Waals surface area contributed by atoms with Crippen LogP contribution in [0, 0.1) is 0 Å². The van der Waals surface area contributed by atoms with Crippen molar-refractivity contribution in [3.63, 3.8) is 0 Å². The van der Waals surface area contributed by atoms with E-state index in [1.807, 2.05) is 11.4 Å². The van der Waals surface area contributed by atoms with E-state index < -0.39 is 11.2 Å². The molecule has 0 saturated carbocycles. The smallest absolute Gasteiger partial charge is 0.316 e. The van der Waals surface area contributed by atoms with E-state index in [0.717, 1.165) is 30.7 Å². The number of thiophene rings is 1. The summed E-state index contributed by atoms with van der Waals surface area (Å²) in [7, 11) is 0. The lowest BCUT2D eigenvalue weighted by Crippen LogP contribution is -2.12. The fourth-order valence-electron chi connectivity index (χ4n) is 1.42. The summed E-state index contributed by atoms with van der Waals surface area (Å²) >= 11 is 11.5. The molecule has 1 rings (SSSR count). The second-order valence-electron chi connectivity index (χ2n) is 3.68. The van der Waals surface area contributed by atoms with Gasteiger partial charge in [-0.2, -0.15) is 12.6 Å². The first-order valence-electron chi connectivity index (χ1n) is 5.23. The molecule has 0 aliphatic rings. The Hall–Kier alpha value is -0.190. The zero-order valence-electron chi connectivity index (χ0n) is 8.86. The Morgan fingerprint density at radius 2 is 2.25 bits per heavy atom. The number of rotatable bonds is 7. The third kappa shape index (κ3) is 5.23. The number of thiol groups is 1. The van der Waals surface area contributed by atoms with Crippen LogP contribution in [0.1, 0.15) is 30.6 Å². The maximum Gasteiger partial charge on any atom is 0.316 e. The highest BCUT2D eigenvalue weighted by Crippen LogP contribution is 2.21. The van der Waals surface area contributed by atoms with Crippen molar-refractivity contribution in [1.82, 2.24) is 0 Å². The first-order valence-corrected chi connectivity index (χ1v) is 7.01. The summed E-state index contributed by atoms with van der Waals surface area (Å²) in [4.78, 5) is 11.8. The van der Waals surface area contributed by atoms with Gasteiger partial charge in [-0.25, -0.2) is 0 Å².